The van der Waals surface area contributed by atoms with Crippen LogP contribution in [-0.2, 0) is 42.2 Å². The van der Waals surface area contributed by atoms with Gasteiger partial charge in [0, 0.05) is 19.3 Å². The first kappa shape index (κ1) is 79.9. The molecule has 0 aliphatic rings. The minimum Gasteiger partial charge on any atom is -0.462 e. The van der Waals surface area contributed by atoms with E-state index >= 15 is 0 Å². The van der Waals surface area contributed by atoms with Gasteiger partial charge in [0.15, 0.2) is 6.10 Å². The lowest BCUT2D eigenvalue weighted by atomic mass is 10.0. The van der Waals surface area contributed by atoms with Crippen LogP contribution in [0.1, 0.15) is 278 Å². The van der Waals surface area contributed by atoms with Crippen molar-refractivity contribution in [2.75, 3.05) is 26.4 Å². The van der Waals surface area contributed by atoms with Crippen LogP contribution >= 0.6 is 7.82 Å². The number of ether oxygens (including phenoxy) is 3. The minimum atomic E-state index is -4.78. The van der Waals surface area contributed by atoms with E-state index in [4.69, 9.17) is 23.3 Å². The molecule has 0 aliphatic carbocycles. The molecule has 3 unspecified atom stereocenters. The Morgan fingerprint density at radius 2 is 0.643 bits per heavy atom. The maximum atomic E-state index is 13.0. The Labute approximate surface area is 513 Å². The highest BCUT2D eigenvalue weighted by Gasteiger charge is 2.28. The maximum absolute atomic E-state index is 13.0. The van der Waals surface area contributed by atoms with Gasteiger partial charge in [-0.3, -0.25) is 23.4 Å². The molecule has 0 rings (SSSR count). The Hall–Kier alpha value is -4.12. The van der Waals surface area contributed by atoms with Crippen LogP contribution in [0, 0.1) is 0 Å². The second-order valence-corrected chi connectivity index (χ2v) is 23.3. The van der Waals surface area contributed by atoms with Crippen molar-refractivity contribution in [2.45, 2.75) is 290 Å². The van der Waals surface area contributed by atoms with Gasteiger partial charge >= 0.3 is 25.7 Å². The molecule has 0 spiro atoms. The van der Waals surface area contributed by atoms with E-state index in [9.17, 15) is 28.9 Å². The Kier molecular flexibility index (Phi) is 61.7. The summed E-state index contributed by atoms with van der Waals surface area (Å²) in [6, 6.07) is 0. The van der Waals surface area contributed by atoms with E-state index in [0.29, 0.717) is 19.3 Å². The van der Waals surface area contributed by atoms with Crippen molar-refractivity contribution in [1.29, 1.82) is 0 Å². The quantitative estimate of drug-likeness (QED) is 0.0197. The van der Waals surface area contributed by atoms with Crippen molar-refractivity contribution in [2.24, 2.45) is 0 Å². The smallest absolute Gasteiger partial charge is 0.462 e. The molecule has 3 atom stereocenters. The summed E-state index contributed by atoms with van der Waals surface area (Å²) in [6.45, 7) is 4.36. The summed E-state index contributed by atoms with van der Waals surface area (Å²) in [6.07, 6.45) is 81.6. The number of phosphoric acid groups is 1. The molecule has 480 valence electrons. The number of carbonyl (C=O) groups excluding carboxylic acids is 3. The molecule has 0 radical (unpaired) electrons. The van der Waals surface area contributed by atoms with Crippen LogP contribution < -0.4 is 0 Å². The standard InChI is InChI=1S/C72H121O11P/c1-4-7-10-13-16-19-22-25-28-31-34-37-40-43-46-49-52-55-58-61-70(74)79-65-69(83-72(76)63-60-57-54-51-48-45-42-39-36-33-30-27-24-21-18-15-12-9-6-3)67-81-84(77,78)80-66-68(64-73)82-71(75)62-59-56-53-50-47-44-41-38-35-32-29-26-23-20-17-14-11-8-5-2/h7,9-10,12,16,18-19,21,25,27-28,30,34,36-37,39,43,46,52,55,68-69,73H,4-6,8,11,13-15,17,20,22-24,26,29,31-33,35,38,40-42,44-45,47-51,53-54,56-67H2,1-3H3,(H,77,78)/b10-7-,12-9-,19-16-,21-18-,28-25-,30-27-,37-34-,39-36-,46-43-,55-52-. The number of allylic oxidation sites excluding steroid dienone is 20. The summed E-state index contributed by atoms with van der Waals surface area (Å²) in [5, 5.41) is 9.88. The zero-order chi connectivity index (χ0) is 61.2. The van der Waals surface area contributed by atoms with Gasteiger partial charge in [-0.2, -0.15) is 0 Å². The Morgan fingerprint density at radius 1 is 0.345 bits per heavy atom. The fourth-order valence-corrected chi connectivity index (χ4v) is 9.69. The molecule has 0 amide bonds. The lowest BCUT2D eigenvalue weighted by molar-refractivity contribution is -0.161. The van der Waals surface area contributed by atoms with Crippen LogP contribution in [0.4, 0.5) is 0 Å². The average molecular weight is 1190 g/mol. The monoisotopic (exact) mass is 1190 g/mol. The van der Waals surface area contributed by atoms with Crippen molar-refractivity contribution in [3.63, 3.8) is 0 Å². The fraction of sp³-hybridized carbons (Fsp3) is 0.681. The highest BCUT2D eigenvalue weighted by Crippen LogP contribution is 2.43. The molecule has 0 aromatic rings. The van der Waals surface area contributed by atoms with Gasteiger partial charge in [-0.1, -0.05) is 284 Å². The third-order valence-electron chi connectivity index (χ3n) is 13.9. The summed E-state index contributed by atoms with van der Waals surface area (Å²) in [5.74, 6) is -1.58. The number of carbonyl (C=O) groups is 3. The van der Waals surface area contributed by atoms with Crippen molar-refractivity contribution in [3.05, 3.63) is 122 Å². The maximum Gasteiger partial charge on any atom is 0.472 e. The van der Waals surface area contributed by atoms with Gasteiger partial charge in [-0.25, -0.2) is 4.57 Å². The zero-order valence-electron chi connectivity index (χ0n) is 53.3. The first-order valence-electron chi connectivity index (χ1n) is 33.4. The number of esters is 3. The first-order valence-corrected chi connectivity index (χ1v) is 34.9. The van der Waals surface area contributed by atoms with Crippen LogP contribution in [0.5, 0.6) is 0 Å². The Bertz CT molecular complexity index is 1870. The Balaban J connectivity index is 4.79. The van der Waals surface area contributed by atoms with Crippen LogP contribution in [-0.4, -0.2) is 66.5 Å². The van der Waals surface area contributed by atoms with E-state index < -0.39 is 57.8 Å². The number of aliphatic hydroxyl groups excluding tert-OH is 1. The summed E-state index contributed by atoms with van der Waals surface area (Å²) in [7, 11) is -4.78. The zero-order valence-corrected chi connectivity index (χ0v) is 54.2. The highest BCUT2D eigenvalue weighted by atomic mass is 31.2. The molecule has 0 aromatic heterocycles. The largest absolute Gasteiger partial charge is 0.472 e. The molecule has 0 aliphatic heterocycles. The lowest BCUT2D eigenvalue weighted by Gasteiger charge is -2.21. The number of rotatable bonds is 61. The van der Waals surface area contributed by atoms with E-state index in [-0.39, 0.29) is 25.9 Å². The number of hydrogen-bond acceptors (Lipinski definition) is 10. The number of unbranched alkanes of at least 4 members (excludes halogenated alkanes) is 24. The topological polar surface area (TPSA) is 155 Å². The summed E-state index contributed by atoms with van der Waals surface area (Å²) in [5.41, 5.74) is 0. The summed E-state index contributed by atoms with van der Waals surface area (Å²) in [4.78, 5) is 48.8. The third-order valence-corrected chi connectivity index (χ3v) is 14.8. The predicted molar refractivity (Wildman–Crippen MR) is 353 cm³/mol. The molecule has 0 bridgehead atoms. The van der Waals surface area contributed by atoms with E-state index in [0.717, 1.165) is 122 Å². The van der Waals surface area contributed by atoms with Crippen LogP contribution in [0.15, 0.2) is 122 Å². The Morgan fingerprint density at radius 3 is 1.00 bits per heavy atom. The van der Waals surface area contributed by atoms with Gasteiger partial charge in [-0.15, -0.1) is 0 Å². The minimum absolute atomic E-state index is 0.0928. The third kappa shape index (κ3) is 62.4. The van der Waals surface area contributed by atoms with Crippen molar-refractivity contribution in [1.82, 2.24) is 0 Å². The van der Waals surface area contributed by atoms with Gasteiger partial charge in [0.2, 0.25) is 0 Å². The van der Waals surface area contributed by atoms with Crippen LogP contribution in [0.3, 0.4) is 0 Å². The highest BCUT2D eigenvalue weighted by molar-refractivity contribution is 7.47. The van der Waals surface area contributed by atoms with Crippen molar-refractivity contribution >= 4 is 25.7 Å². The molecule has 0 saturated carbocycles. The van der Waals surface area contributed by atoms with Gasteiger partial charge in [0.1, 0.15) is 12.7 Å². The van der Waals surface area contributed by atoms with Gasteiger partial charge in [0.25, 0.3) is 0 Å². The van der Waals surface area contributed by atoms with E-state index in [2.05, 4.69) is 130 Å². The van der Waals surface area contributed by atoms with E-state index in [1.807, 2.05) is 12.2 Å². The molecule has 12 heteroatoms. The van der Waals surface area contributed by atoms with Crippen molar-refractivity contribution in [3.8, 4) is 0 Å². The first-order chi connectivity index (χ1) is 41.2. The lowest BCUT2D eigenvalue weighted by Crippen LogP contribution is -2.30. The molecule has 0 aromatic carbocycles. The normalized spacial score (nSPS) is 14.0. The van der Waals surface area contributed by atoms with Crippen molar-refractivity contribution < 1.29 is 52.2 Å². The molecule has 2 N–H and O–H groups in total. The SMILES string of the molecule is CC/C=C\C/C=C\C/C=C\C/C=C\C/C=C\C/C=C\CCC(=O)OCC(COP(=O)(O)OCC(CO)OC(=O)CCCCCCCCCCCCCCCCCCCCC)OC(=O)CCCCCCCC/C=C\C/C=C\C/C=C\C/C=C\CC. The fourth-order valence-electron chi connectivity index (χ4n) is 8.90. The van der Waals surface area contributed by atoms with Gasteiger partial charge in [0.05, 0.1) is 19.8 Å². The van der Waals surface area contributed by atoms with Crippen LogP contribution in [0.25, 0.3) is 0 Å². The second-order valence-electron chi connectivity index (χ2n) is 21.9. The summed E-state index contributed by atoms with van der Waals surface area (Å²) < 4.78 is 39.7. The van der Waals surface area contributed by atoms with E-state index in [1.165, 1.54) is 96.3 Å². The van der Waals surface area contributed by atoms with E-state index in [1.54, 1.807) is 0 Å². The van der Waals surface area contributed by atoms with Gasteiger partial charge < -0.3 is 24.2 Å². The molecular formula is C72H121O11P. The number of phosphoric ester groups is 1. The summed E-state index contributed by atoms with van der Waals surface area (Å²) >= 11 is 0. The predicted octanol–water partition coefficient (Wildman–Crippen LogP) is 20.7. The molecular weight excluding hydrogens is 1070 g/mol. The average Bonchev–Trinajstić information content (AvgIpc) is 3.55. The molecule has 84 heavy (non-hydrogen) atoms. The number of hydrogen-bond donors (Lipinski definition) is 2. The van der Waals surface area contributed by atoms with Crippen LogP contribution in [0.2, 0.25) is 0 Å². The molecule has 11 nitrogen and oxygen atoms in total. The molecule has 0 heterocycles. The van der Waals surface area contributed by atoms with Gasteiger partial charge in [-0.05, 0) is 96.3 Å². The number of aliphatic hydroxyl groups is 1. The second kappa shape index (κ2) is 64.9. The molecule has 0 fully saturated rings. The molecule has 0 saturated heterocycles.